The fourth-order valence-corrected chi connectivity index (χ4v) is 5.42. The molecule has 2 aliphatic heterocycles. The van der Waals surface area contributed by atoms with Crippen LogP contribution in [-0.4, -0.2) is 54.9 Å². The Morgan fingerprint density at radius 2 is 2.13 bits per heavy atom. The fourth-order valence-electron chi connectivity index (χ4n) is 3.47. The Morgan fingerprint density at radius 1 is 1.30 bits per heavy atom. The molecule has 0 radical (unpaired) electrons. The molecule has 3 aliphatic rings. The summed E-state index contributed by atoms with van der Waals surface area (Å²) in [7, 11) is -3.08. The van der Waals surface area contributed by atoms with E-state index < -0.39 is 10.0 Å². The van der Waals surface area contributed by atoms with Crippen molar-refractivity contribution in [1.29, 1.82) is 0 Å². The van der Waals surface area contributed by atoms with Crippen LogP contribution in [0.5, 0.6) is 0 Å². The molecule has 0 aromatic carbocycles. The molecule has 1 atom stereocenters. The van der Waals surface area contributed by atoms with Crippen molar-refractivity contribution in [3.63, 3.8) is 0 Å². The highest BCUT2D eigenvalue weighted by Gasteiger charge is 2.58. The largest absolute Gasteiger partial charge is 0.375 e. The van der Waals surface area contributed by atoms with Crippen molar-refractivity contribution < 1.29 is 17.9 Å². The fraction of sp³-hybridized carbons (Fsp3) is 0.688. The van der Waals surface area contributed by atoms with Gasteiger partial charge in [-0.2, -0.15) is 4.31 Å². The average molecular weight is 338 g/mol. The van der Waals surface area contributed by atoms with Crippen molar-refractivity contribution >= 4 is 10.0 Å². The number of pyridine rings is 1. The van der Waals surface area contributed by atoms with Crippen LogP contribution in [0.1, 0.15) is 25.0 Å². The number of nitrogens with zero attached hydrogens (tertiary/aromatic N) is 2. The first kappa shape index (κ1) is 15.5. The predicted octanol–water partition coefficient (Wildman–Crippen LogP) is 1.18. The molecule has 4 rings (SSSR count). The molecule has 0 unspecified atom stereocenters. The maximum atomic E-state index is 12.3. The van der Waals surface area contributed by atoms with E-state index in [1.807, 2.05) is 18.2 Å². The minimum Gasteiger partial charge on any atom is -0.375 e. The molecule has 23 heavy (non-hydrogen) atoms. The van der Waals surface area contributed by atoms with Gasteiger partial charge in [0.05, 0.1) is 24.2 Å². The molecule has 126 valence electrons. The summed E-state index contributed by atoms with van der Waals surface area (Å²) in [5, 5.41) is -0.139. The van der Waals surface area contributed by atoms with Crippen LogP contribution in [0.15, 0.2) is 24.4 Å². The second-order valence-corrected chi connectivity index (χ2v) is 8.96. The molecule has 1 saturated carbocycles. The molecule has 0 amide bonds. The quantitative estimate of drug-likeness (QED) is 0.779. The molecule has 1 spiro atoms. The molecule has 2 saturated heterocycles. The minimum atomic E-state index is -3.08. The van der Waals surface area contributed by atoms with Gasteiger partial charge in [0.15, 0.2) is 0 Å². The van der Waals surface area contributed by atoms with Crippen molar-refractivity contribution in [3.8, 4) is 0 Å². The van der Waals surface area contributed by atoms with Gasteiger partial charge in [-0.15, -0.1) is 0 Å². The van der Waals surface area contributed by atoms with Crippen molar-refractivity contribution in [2.45, 2.75) is 36.7 Å². The molecule has 0 N–H and O–H groups in total. The van der Waals surface area contributed by atoms with E-state index in [0.29, 0.717) is 32.9 Å². The van der Waals surface area contributed by atoms with Gasteiger partial charge >= 0.3 is 0 Å². The summed E-state index contributed by atoms with van der Waals surface area (Å²) in [6, 6.07) is 5.76. The number of hydrogen-bond donors (Lipinski definition) is 0. The minimum absolute atomic E-state index is 0.139. The second kappa shape index (κ2) is 5.81. The van der Waals surface area contributed by atoms with Crippen molar-refractivity contribution in [2.24, 2.45) is 5.92 Å². The van der Waals surface area contributed by atoms with Gasteiger partial charge in [-0.1, -0.05) is 6.07 Å². The molecule has 6 nitrogen and oxygen atoms in total. The van der Waals surface area contributed by atoms with E-state index in [1.165, 1.54) is 0 Å². The summed E-state index contributed by atoms with van der Waals surface area (Å²) in [6.07, 6.45) is 4.30. The van der Waals surface area contributed by atoms with Crippen molar-refractivity contribution in [1.82, 2.24) is 9.29 Å². The van der Waals surface area contributed by atoms with E-state index >= 15 is 0 Å². The lowest BCUT2D eigenvalue weighted by atomic mass is 9.83. The summed E-state index contributed by atoms with van der Waals surface area (Å²) < 4.78 is 37.8. The van der Waals surface area contributed by atoms with Crippen LogP contribution in [0.4, 0.5) is 0 Å². The second-order valence-electron chi connectivity index (χ2n) is 6.75. The first-order valence-corrected chi connectivity index (χ1v) is 9.71. The summed E-state index contributed by atoms with van der Waals surface area (Å²) in [6.45, 7) is 2.74. The molecule has 3 fully saturated rings. The van der Waals surface area contributed by atoms with Crippen molar-refractivity contribution in [2.75, 3.05) is 26.3 Å². The van der Waals surface area contributed by atoms with E-state index in [9.17, 15) is 8.42 Å². The first-order chi connectivity index (χ1) is 11.1. The number of hydrogen-bond acceptors (Lipinski definition) is 5. The van der Waals surface area contributed by atoms with Gasteiger partial charge < -0.3 is 9.47 Å². The van der Waals surface area contributed by atoms with Crippen LogP contribution in [0.3, 0.4) is 0 Å². The van der Waals surface area contributed by atoms with E-state index in [-0.39, 0.29) is 16.8 Å². The molecular formula is C16H22N2O4S. The third-order valence-electron chi connectivity index (χ3n) is 5.09. The topological polar surface area (TPSA) is 68.7 Å². The predicted molar refractivity (Wildman–Crippen MR) is 84.2 cm³/mol. The number of rotatable bonds is 6. The van der Waals surface area contributed by atoms with Gasteiger partial charge in [0.1, 0.15) is 5.60 Å². The molecule has 1 aromatic rings. The average Bonchev–Trinajstić information content (AvgIpc) is 3.28. The van der Waals surface area contributed by atoms with Gasteiger partial charge in [-0.25, -0.2) is 8.42 Å². The monoisotopic (exact) mass is 338 g/mol. The highest BCUT2D eigenvalue weighted by molar-refractivity contribution is 7.90. The zero-order valence-electron chi connectivity index (χ0n) is 13.1. The summed E-state index contributed by atoms with van der Waals surface area (Å²) in [4.78, 5) is 4.24. The molecule has 1 aromatic heterocycles. The van der Waals surface area contributed by atoms with Gasteiger partial charge in [-0.3, -0.25) is 4.98 Å². The number of aromatic nitrogens is 1. The van der Waals surface area contributed by atoms with Gasteiger partial charge in [0.2, 0.25) is 10.0 Å². The van der Waals surface area contributed by atoms with E-state index in [4.69, 9.17) is 9.47 Å². The van der Waals surface area contributed by atoms with Crippen LogP contribution in [0.25, 0.3) is 0 Å². The maximum absolute atomic E-state index is 12.3. The lowest BCUT2D eigenvalue weighted by Gasteiger charge is -2.49. The Kier molecular flexibility index (Phi) is 3.91. The third-order valence-corrected chi connectivity index (χ3v) is 7.38. The Labute approximate surface area is 136 Å². The van der Waals surface area contributed by atoms with Gasteiger partial charge in [0.25, 0.3) is 0 Å². The molecule has 3 heterocycles. The summed E-state index contributed by atoms with van der Waals surface area (Å²) in [5.41, 5.74) is 0.582. The molecule has 7 heteroatoms. The van der Waals surface area contributed by atoms with Crippen molar-refractivity contribution in [3.05, 3.63) is 30.1 Å². The van der Waals surface area contributed by atoms with Crippen LogP contribution in [0.2, 0.25) is 0 Å². The highest BCUT2D eigenvalue weighted by Crippen LogP contribution is 2.44. The SMILES string of the molecule is O=S(=O)(C1CC1)N1CC2(C1)OCC[C@@H]2COCc1ccccn1. The van der Waals surface area contributed by atoms with Crippen LogP contribution < -0.4 is 0 Å². The summed E-state index contributed by atoms with van der Waals surface area (Å²) in [5.74, 6) is 0.261. The van der Waals surface area contributed by atoms with Gasteiger partial charge in [0, 0.05) is 31.8 Å². The molecule has 0 bridgehead atoms. The lowest BCUT2D eigenvalue weighted by molar-refractivity contribution is -0.115. The normalized spacial score (nSPS) is 27.2. The maximum Gasteiger partial charge on any atom is 0.217 e. The number of ether oxygens (including phenoxy) is 2. The first-order valence-electron chi connectivity index (χ1n) is 8.21. The van der Waals surface area contributed by atoms with Crippen LogP contribution >= 0.6 is 0 Å². The Hall–Kier alpha value is -1.02. The highest BCUT2D eigenvalue weighted by atomic mass is 32.2. The Bertz CT molecular complexity index is 654. The molecular weight excluding hydrogens is 316 g/mol. The Morgan fingerprint density at radius 3 is 2.83 bits per heavy atom. The number of sulfonamides is 1. The standard InChI is InChI=1S/C16H22N2O4S/c19-23(20,15-4-5-15)18-11-16(12-18)13(6-8-22-16)9-21-10-14-3-1-2-7-17-14/h1-3,7,13,15H,4-6,8-12H2/t13-/m1/s1. The lowest BCUT2D eigenvalue weighted by Crippen LogP contribution is -2.67. The van der Waals surface area contributed by atoms with Crippen LogP contribution in [-0.2, 0) is 26.1 Å². The van der Waals surface area contributed by atoms with Gasteiger partial charge in [-0.05, 0) is 31.4 Å². The third kappa shape index (κ3) is 2.91. The zero-order valence-corrected chi connectivity index (χ0v) is 13.9. The van der Waals surface area contributed by atoms with E-state index in [0.717, 1.165) is 25.0 Å². The van der Waals surface area contributed by atoms with E-state index in [2.05, 4.69) is 4.98 Å². The molecule has 1 aliphatic carbocycles. The van der Waals surface area contributed by atoms with Crippen LogP contribution in [0, 0.1) is 5.92 Å². The summed E-state index contributed by atoms with van der Waals surface area (Å²) >= 11 is 0. The van der Waals surface area contributed by atoms with E-state index in [1.54, 1.807) is 10.5 Å². The Balaban J connectivity index is 1.31. The zero-order chi connectivity index (χ0) is 15.9. The smallest absolute Gasteiger partial charge is 0.217 e.